The molecule has 0 spiro atoms. The van der Waals surface area contributed by atoms with Crippen molar-refractivity contribution in [2.75, 3.05) is 0 Å². The molecule has 8 rings (SSSR count). The van der Waals surface area contributed by atoms with E-state index < -0.39 is 23.9 Å². The van der Waals surface area contributed by atoms with Crippen LogP contribution in [-0.2, 0) is 36.1 Å². The molecule has 451 valence electrons. The first-order chi connectivity index (χ1) is 43.9. The first-order valence-electron chi connectivity index (χ1n) is 27.8. The van der Waals surface area contributed by atoms with Gasteiger partial charge in [-0.25, -0.2) is 19.2 Å². The monoisotopic (exact) mass is 1250 g/mol. The molecule has 14 nitrogen and oxygen atoms in total. The quantitative estimate of drug-likeness (QED) is 0.0158. The summed E-state index contributed by atoms with van der Waals surface area (Å²) < 4.78 is 31.9. The summed E-state index contributed by atoms with van der Waals surface area (Å²) in [4.78, 5) is 57.7. The number of hydrogen-bond acceptors (Lipinski definition) is 14. The summed E-state index contributed by atoms with van der Waals surface area (Å²) >= 11 is 0. The zero-order valence-corrected chi connectivity index (χ0v) is 49.8. The van der Waals surface area contributed by atoms with Crippen LogP contribution in [-0.4, -0.2) is 46.5 Å². The average molecular weight is 1250 g/mol. The molecule has 2 fully saturated rings. The number of hydrogen-bond donors (Lipinski definition) is 2. The van der Waals surface area contributed by atoms with Crippen molar-refractivity contribution in [3.05, 3.63) is 309 Å². The van der Waals surface area contributed by atoms with Gasteiger partial charge in [-0.05, 0) is 228 Å². The number of aliphatic imine (C=N–C) groups is 2. The molecule has 0 unspecified atom stereocenters. The van der Waals surface area contributed by atoms with E-state index in [1.165, 1.54) is 123 Å². The van der Waals surface area contributed by atoms with Gasteiger partial charge in [0, 0.05) is 76.4 Å². The van der Waals surface area contributed by atoms with E-state index in [-0.39, 0.29) is 74.6 Å². The Kier molecular flexibility index (Phi) is 27.3. The summed E-state index contributed by atoms with van der Waals surface area (Å²) in [7, 11) is 0. The first-order valence-corrected chi connectivity index (χ1v) is 27.8. The summed E-state index contributed by atoms with van der Waals surface area (Å²) in [5.41, 5.74) is 44.7. The van der Waals surface area contributed by atoms with Crippen LogP contribution in [0, 0.1) is 0 Å². The molecule has 2 aliphatic rings. The smallest absolute Gasteiger partial charge is 0.350 e. The number of phenolic OH excluding ortho intramolecular Hbond substituents is 2. The number of carbonyl (C=O) groups is 4. The van der Waals surface area contributed by atoms with E-state index in [2.05, 4.69) is 152 Å². The molecular weight excluding hydrogens is 1200 g/mol. The van der Waals surface area contributed by atoms with Crippen molar-refractivity contribution >= 4 is 47.7 Å². The van der Waals surface area contributed by atoms with Gasteiger partial charge in [0.15, 0.2) is 0 Å². The van der Waals surface area contributed by atoms with Gasteiger partial charge < -0.3 is 38.6 Å². The second-order valence-corrected chi connectivity index (χ2v) is 19.1. The number of ether oxygens (including phenoxy) is 6. The van der Waals surface area contributed by atoms with Crippen LogP contribution in [0.15, 0.2) is 286 Å². The SMILES string of the molecule is C=C=C=C=C=C=C=C=C=C(OC(=O)C=C)Oc1ccc(C(=O)Oc2ccc(C=Nc3ccc(C4CCCC4)cc3)c(O)c2)cc1.C=C=C=C=C=C=C=C=C=C(OC(=O)C=C)Oc1ccc(C(=O)Oc2ccc(C=Nc3ccc(C4CCCC4)cc3)c(O)c2)cc1.[Cu]. The zero-order chi connectivity index (χ0) is 63.7. The number of carbonyl (C=O) groups excluding carboxylic acids is 4. The third kappa shape index (κ3) is 22.8. The van der Waals surface area contributed by atoms with E-state index in [0.29, 0.717) is 23.0 Å². The van der Waals surface area contributed by atoms with Crippen molar-refractivity contribution in [1.82, 2.24) is 0 Å². The fourth-order valence-corrected chi connectivity index (χ4v) is 8.64. The Morgan fingerprint density at radius 1 is 0.429 bits per heavy atom. The van der Waals surface area contributed by atoms with E-state index >= 15 is 0 Å². The van der Waals surface area contributed by atoms with Crippen molar-refractivity contribution < 1.29 is 74.9 Å². The van der Waals surface area contributed by atoms with Crippen molar-refractivity contribution in [3.63, 3.8) is 0 Å². The summed E-state index contributed by atoms with van der Waals surface area (Å²) in [6, 6.07) is 37.1. The third-order valence-electron chi connectivity index (χ3n) is 13.0. The van der Waals surface area contributed by atoms with Gasteiger partial charge in [0.2, 0.25) is 0 Å². The van der Waals surface area contributed by atoms with E-state index in [4.69, 9.17) is 28.4 Å². The number of aromatic hydroxyl groups is 2. The van der Waals surface area contributed by atoms with E-state index in [9.17, 15) is 29.4 Å². The largest absolute Gasteiger partial charge is 0.507 e. The molecule has 1 radical (unpaired) electrons. The van der Waals surface area contributed by atoms with Gasteiger partial charge in [-0.3, -0.25) is 9.98 Å². The number of benzene rings is 6. The molecule has 91 heavy (non-hydrogen) atoms. The van der Waals surface area contributed by atoms with Crippen LogP contribution in [0.5, 0.6) is 34.5 Å². The molecule has 0 heterocycles. The molecule has 6 aromatic rings. The van der Waals surface area contributed by atoms with Crippen LogP contribution in [0.2, 0.25) is 0 Å². The molecule has 0 amide bonds. The maximum absolute atomic E-state index is 12.7. The molecule has 0 saturated heterocycles. The minimum absolute atomic E-state index is 0. The number of nitrogens with zero attached hydrogens (tertiary/aromatic N) is 2. The first kappa shape index (κ1) is 67.8. The van der Waals surface area contributed by atoms with Crippen LogP contribution < -0.4 is 18.9 Å². The van der Waals surface area contributed by atoms with Crippen molar-refractivity contribution in [1.29, 1.82) is 0 Å². The second-order valence-electron chi connectivity index (χ2n) is 19.1. The van der Waals surface area contributed by atoms with Crippen LogP contribution in [0.1, 0.15) is 106 Å². The molecule has 6 aromatic carbocycles. The minimum atomic E-state index is -0.785. The molecule has 2 saturated carbocycles. The fourth-order valence-electron chi connectivity index (χ4n) is 8.64. The van der Waals surface area contributed by atoms with Gasteiger partial charge in [0.05, 0.1) is 22.5 Å². The maximum atomic E-state index is 12.7. The van der Waals surface area contributed by atoms with E-state index in [1.54, 1.807) is 36.7 Å². The van der Waals surface area contributed by atoms with Gasteiger partial charge in [-0.2, -0.15) is 0 Å². The van der Waals surface area contributed by atoms with Crippen LogP contribution in [0.25, 0.3) is 0 Å². The normalized spacial score (nSPS) is 11.5. The molecule has 0 aromatic heterocycles. The van der Waals surface area contributed by atoms with Gasteiger partial charge in [-0.15, -0.1) is 0 Å². The van der Waals surface area contributed by atoms with Gasteiger partial charge in [0.25, 0.3) is 0 Å². The summed E-state index contributed by atoms with van der Waals surface area (Å²) in [5, 5.41) is 21.0. The third-order valence-corrected chi connectivity index (χ3v) is 13.0. The minimum Gasteiger partial charge on any atom is -0.507 e. The fraction of sp³-hybridized carbons (Fsp3) is 0.132. The summed E-state index contributed by atoms with van der Waals surface area (Å²) in [6.45, 7) is 13.3. The second kappa shape index (κ2) is 36.6. The Labute approximate surface area is 536 Å². The molecule has 2 N–H and O–H groups in total. The summed E-state index contributed by atoms with van der Waals surface area (Å²) in [5.74, 6) is -1.74. The topological polar surface area (TPSA) is 189 Å². The molecular formula is C76H54CuN2O12. The Hall–Kier alpha value is -12.3. The van der Waals surface area contributed by atoms with E-state index in [0.717, 1.165) is 23.5 Å². The van der Waals surface area contributed by atoms with Crippen LogP contribution in [0.4, 0.5) is 11.4 Å². The molecule has 0 atom stereocenters. The van der Waals surface area contributed by atoms with Crippen molar-refractivity contribution in [2.24, 2.45) is 9.98 Å². The number of phenols is 2. The Balaban J connectivity index is 0.000000286. The van der Waals surface area contributed by atoms with E-state index in [1.807, 2.05) is 24.3 Å². The molecule has 15 heteroatoms. The average Bonchev–Trinajstić information content (AvgIpc) is 2.78. The molecule has 2 aliphatic carbocycles. The van der Waals surface area contributed by atoms with Gasteiger partial charge in [-0.1, -0.05) is 74.6 Å². The van der Waals surface area contributed by atoms with Crippen LogP contribution in [0.3, 0.4) is 0 Å². The number of esters is 4. The Morgan fingerprint density at radius 3 is 1.09 bits per heavy atom. The van der Waals surface area contributed by atoms with Crippen LogP contribution >= 0.6 is 0 Å². The predicted molar refractivity (Wildman–Crippen MR) is 337 cm³/mol. The molecule has 0 bridgehead atoms. The standard InChI is InChI=1S/2C38H27NO6.Cu/c2*1-3-5-6-7-8-9-10-15-37(45-36(41)4-2)43-33-23-18-30(19-24-33)38(42)44-34-25-20-31(35(40)26-34)27-39-32-21-16-29(17-22-32)28-13-11-12-14-28;/h2*4,16-28,40H,1-2,11-14H2;. The van der Waals surface area contributed by atoms with Gasteiger partial charge in [0.1, 0.15) is 34.5 Å². The van der Waals surface area contributed by atoms with Crippen molar-refractivity contribution in [2.45, 2.75) is 63.2 Å². The summed E-state index contributed by atoms with van der Waals surface area (Å²) in [6.07, 6.45) is 15.1. The predicted octanol–water partition coefficient (Wildman–Crippen LogP) is 15.7. The Morgan fingerprint density at radius 2 is 0.758 bits per heavy atom. The van der Waals surface area contributed by atoms with Crippen molar-refractivity contribution in [3.8, 4) is 34.5 Å². The Bertz CT molecular complexity index is 4150. The maximum Gasteiger partial charge on any atom is 0.350 e. The number of rotatable bonds is 18. The van der Waals surface area contributed by atoms with Gasteiger partial charge >= 0.3 is 35.8 Å². The molecule has 0 aliphatic heterocycles. The zero-order valence-electron chi connectivity index (χ0n) is 48.8.